The van der Waals surface area contributed by atoms with Crippen molar-refractivity contribution in [3.05, 3.63) is 23.8 Å². The number of rotatable bonds is 7. The molecule has 0 unspecified atom stereocenters. The molecule has 0 aromatic heterocycles. The number of carboxylic acid groups (broad SMARTS) is 1. The highest BCUT2D eigenvalue weighted by molar-refractivity contribution is 5.77. The molecule has 0 saturated carbocycles. The lowest BCUT2D eigenvalue weighted by Gasteiger charge is -2.07. The Morgan fingerprint density at radius 2 is 2.05 bits per heavy atom. The van der Waals surface area contributed by atoms with Crippen LogP contribution in [0, 0.1) is 0 Å². The highest BCUT2D eigenvalue weighted by Gasteiger charge is 2.06. The number of carboxylic acids is 1. The Morgan fingerprint density at radius 1 is 1.32 bits per heavy atom. The van der Waals surface area contributed by atoms with Gasteiger partial charge < -0.3 is 20.3 Å². The van der Waals surface area contributed by atoms with Crippen molar-refractivity contribution in [3.63, 3.8) is 0 Å². The van der Waals surface area contributed by atoms with E-state index >= 15 is 0 Å². The molecule has 6 heteroatoms. The van der Waals surface area contributed by atoms with E-state index in [9.17, 15) is 14.7 Å². The lowest BCUT2D eigenvalue weighted by Crippen LogP contribution is -2.26. The Labute approximate surface area is 111 Å². The van der Waals surface area contributed by atoms with Gasteiger partial charge in [-0.25, -0.2) is 0 Å². The average molecular weight is 267 g/mol. The summed E-state index contributed by atoms with van der Waals surface area (Å²) < 4.78 is 4.97. The van der Waals surface area contributed by atoms with Gasteiger partial charge in [-0.15, -0.1) is 0 Å². The summed E-state index contributed by atoms with van der Waals surface area (Å²) in [5.74, 6) is -0.724. The van der Waals surface area contributed by atoms with Crippen LogP contribution in [0.25, 0.3) is 0 Å². The van der Waals surface area contributed by atoms with Crippen molar-refractivity contribution in [3.8, 4) is 11.5 Å². The summed E-state index contributed by atoms with van der Waals surface area (Å²) in [6.07, 6.45) is 0.669. The molecule has 104 valence electrons. The smallest absolute Gasteiger partial charge is 0.305 e. The number of methoxy groups -OCH3 is 1. The molecule has 1 aromatic carbocycles. The lowest BCUT2D eigenvalue weighted by atomic mass is 10.1. The third kappa shape index (κ3) is 5.29. The van der Waals surface area contributed by atoms with E-state index in [2.05, 4.69) is 5.32 Å². The number of carbonyl (C=O) groups is 2. The van der Waals surface area contributed by atoms with Crippen molar-refractivity contribution in [1.29, 1.82) is 0 Å². The summed E-state index contributed by atoms with van der Waals surface area (Å²) in [6.45, 7) is 0.132. The van der Waals surface area contributed by atoms with E-state index in [1.54, 1.807) is 12.1 Å². The van der Waals surface area contributed by atoms with Crippen LogP contribution >= 0.6 is 0 Å². The Hall–Kier alpha value is -2.24. The topological polar surface area (TPSA) is 95.9 Å². The van der Waals surface area contributed by atoms with Crippen molar-refractivity contribution in [2.24, 2.45) is 0 Å². The standard InChI is InChI=1S/C13H17NO5/c1-19-11-8-9(2-4-10(11)15)3-5-12(16)14-7-6-13(17)18/h2,4,8,15H,3,5-7H2,1H3,(H,14,16)(H,17,18). The number of aliphatic carboxylic acids is 1. The van der Waals surface area contributed by atoms with Crippen LogP contribution in [0.15, 0.2) is 18.2 Å². The molecule has 0 bridgehead atoms. The minimum Gasteiger partial charge on any atom is -0.504 e. The summed E-state index contributed by atoms with van der Waals surface area (Å²) in [5, 5.41) is 20.4. The predicted octanol–water partition coefficient (Wildman–Crippen LogP) is 0.924. The second-order valence-corrected chi connectivity index (χ2v) is 4.00. The van der Waals surface area contributed by atoms with Crippen LogP contribution in [0.5, 0.6) is 11.5 Å². The molecule has 0 aliphatic carbocycles. The number of phenolic OH excluding ortho intramolecular Hbond substituents is 1. The normalized spacial score (nSPS) is 9.95. The maximum Gasteiger partial charge on any atom is 0.305 e. The van der Waals surface area contributed by atoms with Gasteiger partial charge in [0.1, 0.15) is 0 Å². The zero-order valence-electron chi connectivity index (χ0n) is 10.7. The molecule has 6 nitrogen and oxygen atoms in total. The fourth-order valence-electron chi connectivity index (χ4n) is 1.53. The number of ether oxygens (including phenoxy) is 1. The molecule has 0 aliphatic heterocycles. The molecule has 1 aromatic rings. The summed E-state index contributed by atoms with van der Waals surface area (Å²) in [5.41, 5.74) is 0.864. The van der Waals surface area contributed by atoms with E-state index in [1.165, 1.54) is 13.2 Å². The number of phenols is 1. The van der Waals surface area contributed by atoms with Gasteiger partial charge in [0.15, 0.2) is 11.5 Å². The molecular weight excluding hydrogens is 250 g/mol. The van der Waals surface area contributed by atoms with Crippen LogP contribution in [0.1, 0.15) is 18.4 Å². The number of hydrogen-bond acceptors (Lipinski definition) is 4. The third-order valence-corrected chi connectivity index (χ3v) is 2.55. The highest BCUT2D eigenvalue weighted by atomic mass is 16.5. The van der Waals surface area contributed by atoms with E-state index in [0.29, 0.717) is 12.2 Å². The molecule has 0 aliphatic rings. The van der Waals surface area contributed by atoms with Crippen molar-refractivity contribution in [1.82, 2.24) is 5.32 Å². The van der Waals surface area contributed by atoms with Crippen LogP contribution in [-0.2, 0) is 16.0 Å². The molecule has 0 heterocycles. The Balaban J connectivity index is 2.39. The fraction of sp³-hybridized carbons (Fsp3) is 0.385. The number of aromatic hydroxyl groups is 1. The fourth-order valence-corrected chi connectivity index (χ4v) is 1.53. The second kappa shape index (κ2) is 7.25. The molecule has 0 spiro atoms. The Bertz CT molecular complexity index is 458. The number of amides is 1. The summed E-state index contributed by atoms with van der Waals surface area (Å²) in [7, 11) is 1.46. The first-order valence-corrected chi connectivity index (χ1v) is 5.87. The first kappa shape index (κ1) is 14.8. The van der Waals surface area contributed by atoms with Gasteiger partial charge in [-0.05, 0) is 24.1 Å². The maximum absolute atomic E-state index is 11.4. The molecular formula is C13H17NO5. The molecule has 0 fully saturated rings. The van der Waals surface area contributed by atoms with Crippen molar-refractivity contribution < 1.29 is 24.5 Å². The molecule has 3 N–H and O–H groups in total. The Morgan fingerprint density at radius 3 is 2.68 bits per heavy atom. The monoisotopic (exact) mass is 267 g/mol. The van der Waals surface area contributed by atoms with Crippen LogP contribution in [-0.4, -0.2) is 35.7 Å². The van der Waals surface area contributed by atoms with Gasteiger partial charge in [0.2, 0.25) is 5.91 Å². The van der Waals surface area contributed by atoms with E-state index in [1.807, 2.05) is 0 Å². The van der Waals surface area contributed by atoms with Crippen LogP contribution in [0.2, 0.25) is 0 Å². The molecule has 1 rings (SSSR count). The molecule has 1 amide bonds. The van der Waals surface area contributed by atoms with E-state index in [4.69, 9.17) is 9.84 Å². The SMILES string of the molecule is COc1cc(CCC(=O)NCCC(=O)O)ccc1O. The number of carbonyl (C=O) groups excluding carboxylic acids is 1. The quantitative estimate of drug-likeness (QED) is 0.683. The first-order valence-electron chi connectivity index (χ1n) is 5.87. The highest BCUT2D eigenvalue weighted by Crippen LogP contribution is 2.26. The van der Waals surface area contributed by atoms with Crippen LogP contribution in [0.4, 0.5) is 0 Å². The van der Waals surface area contributed by atoms with Gasteiger partial charge in [-0.1, -0.05) is 6.07 Å². The second-order valence-electron chi connectivity index (χ2n) is 4.00. The predicted molar refractivity (Wildman–Crippen MR) is 68.2 cm³/mol. The number of nitrogens with one attached hydrogen (secondary N) is 1. The first-order chi connectivity index (χ1) is 9.02. The minimum absolute atomic E-state index is 0.0529. The third-order valence-electron chi connectivity index (χ3n) is 2.55. The molecule has 0 atom stereocenters. The van der Waals surface area contributed by atoms with Gasteiger partial charge >= 0.3 is 5.97 Å². The zero-order chi connectivity index (χ0) is 14.3. The van der Waals surface area contributed by atoms with Crippen molar-refractivity contribution >= 4 is 11.9 Å². The molecule has 0 radical (unpaired) electrons. The number of benzene rings is 1. The van der Waals surface area contributed by atoms with Crippen molar-refractivity contribution in [2.45, 2.75) is 19.3 Å². The van der Waals surface area contributed by atoms with Crippen molar-refractivity contribution in [2.75, 3.05) is 13.7 Å². The van der Waals surface area contributed by atoms with Gasteiger partial charge in [-0.2, -0.15) is 0 Å². The number of aryl methyl sites for hydroxylation is 1. The summed E-state index contributed by atoms with van der Waals surface area (Å²) in [6, 6.07) is 4.89. The van der Waals surface area contributed by atoms with Gasteiger partial charge in [0.25, 0.3) is 0 Å². The van der Waals surface area contributed by atoms with Gasteiger partial charge in [0.05, 0.1) is 13.5 Å². The largest absolute Gasteiger partial charge is 0.504 e. The van der Waals surface area contributed by atoms with E-state index in [0.717, 1.165) is 5.56 Å². The molecule has 0 saturated heterocycles. The van der Waals surface area contributed by atoms with E-state index < -0.39 is 5.97 Å². The van der Waals surface area contributed by atoms with Crippen LogP contribution in [0.3, 0.4) is 0 Å². The van der Waals surface area contributed by atoms with Gasteiger partial charge in [0, 0.05) is 13.0 Å². The van der Waals surface area contributed by atoms with Crippen LogP contribution < -0.4 is 10.1 Å². The lowest BCUT2D eigenvalue weighted by molar-refractivity contribution is -0.136. The summed E-state index contributed by atoms with van der Waals surface area (Å²) in [4.78, 5) is 21.7. The Kier molecular flexibility index (Phi) is 5.66. The average Bonchev–Trinajstić information content (AvgIpc) is 2.37. The number of hydrogen-bond donors (Lipinski definition) is 3. The summed E-state index contributed by atoms with van der Waals surface area (Å²) >= 11 is 0. The zero-order valence-corrected chi connectivity index (χ0v) is 10.7. The minimum atomic E-state index is -0.941. The van der Waals surface area contributed by atoms with E-state index in [-0.39, 0.29) is 31.0 Å². The molecule has 19 heavy (non-hydrogen) atoms. The maximum atomic E-state index is 11.4. The van der Waals surface area contributed by atoms with Gasteiger partial charge in [-0.3, -0.25) is 9.59 Å².